The Labute approximate surface area is 90.3 Å². The van der Waals surface area contributed by atoms with Crippen LogP contribution in [0, 0.1) is 11.6 Å². The van der Waals surface area contributed by atoms with Gasteiger partial charge in [0.2, 0.25) is 0 Å². The highest BCUT2D eigenvalue weighted by Crippen LogP contribution is 2.12. The molecule has 0 heterocycles. The molecule has 15 heavy (non-hydrogen) atoms. The van der Waals surface area contributed by atoms with E-state index < -0.39 is 11.6 Å². The third-order valence-electron chi connectivity index (χ3n) is 2.49. The fourth-order valence-electron chi connectivity index (χ4n) is 1.69. The smallest absolute Gasteiger partial charge is 0.126 e. The first-order chi connectivity index (χ1) is 7.22. The number of halogens is 2. The molecule has 0 nitrogen and oxygen atoms in total. The molecule has 84 valence electrons. The molecule has 0 saturated heterocycles. The summed E-state index contributed by atoms with van der Waals surface area (Å²) in [6, 6.07) is 3.76. The summed E-state index contributed by atoms with van der Waals surface area (Å²) in [5.41, 5.74) is 0.768. The predicted molar refractivity (Wildman–Crippen MR) is 58.8 cm³/mol. The second-order valence-corrected chi connectivity index (χ2v) is 3.94. The molecule has 0 unspecified atom stereocenters. The lowest BCUT2D eigenvalue weighted by Crippen LogP contribution is -1.89. The minimum absolute atomic E-state index is 0.474. The molecule has 0 amide bonds. The minimum Gasteiger partial charge on any atom is -0.207 e. The molecule has 1 aromatic rings. The lowest BCUT2D eigenvalue weighted by Gasteiger charge is -2.02. The third-order valence-corrected chi connectivity index (χ3v) is 2.49. The Kier molecular flexibility index (Phi) is 5.30. The Morgan fingerprint density at radius 1 is 0.867 bits per heavy atom. The van der Waals surface area contributed by atoms with E-state index in [1.807, 2.05) is 0 Å². The van der Waals surface area contributed by atoms with Crippen LogP contribution in [0.5, 0.6) is 0 Å². The molecular formula is C13H18F2. The molecule has 0 aliphatic rings. The zero-order valence-corrected chi connectivity index (χ0v) is 9.23. The number of hydrogen-bond donors (Lipinski definition) is 0. The average molecular weight is 212 g/mol. The van der Waals surface area contributed by atoms with Crippen molar-refractivity contribution in [1.82, 2.24) is 0 Å². The molecule has 0 saturated carbocycles. The van der Waals surface area contributed by atoms with Gasteiger partial charge >= 0.3 is 0 Å². The van der Waals surface area contributed by atoms with E-state index in [1.165, 1.54) is 31.4 Å². The minimum atomic E-state index is -0.474. The van der Waals surface area contributed by atoms with E-state index in [4.69, 9.17) is 0 Å². The summed E-state index contributed by atoms with van der Waals surface area (Å²) in [4.78, 5) is 0. The summed E-state index contributed by atoms with van der Waals surface area (Å²) in [6.45, 7) is 2.17. The van der Waals surface area contributed by atoms with E-state index in [0.717, 1.165) is 30.9 Å². The lowest BCUT2D eigenvalue weighted by molar-refractivity contribution is 0.575. The molecule has 2 heteroatoms. The molecule has 0 bridgehead atoms. The first-order valence-corrected chi connectivity index (χ1v) is 5.67. The number of hydrogen-bond acceptors (Lipinski definition) is 0. The molecule has 0 atom stereocenters. The number of benzene rings is 1. The highest BCUT2D eigenvalue weighted by molar-refractivity contribution is 5.17. The summed E-state index contributed by atoms with van der Waals surface area (Å²) in [7, 11) is 0. The molecule has 0 spiro atoms. The van der Waals surface area contributed by atoms with Gasteiger partial charge in [-0.2, -0.15) is 0 Å². The first kappa shape index (κ1) is 12.2. The predicted octanol–water partition coefficient (Wildman–Crippen LogP) is 4.48. The number of rotatable bonds is 6. The van der Waals surface area contributed by atoms with E-state index in [1.54, 1.807) is 0 Å². The summed E-state index contributed by atoms with van der Waals surface area (Å²) in [6.07, 6.45) is 6.62. The van der Waals surface area contributed by atoms with E-state index >= 15 is 0 Å². The van der Waals surface area contributed by atoms with Gasteiger partial charge in [-0.1, -0.05) is 32.6 Å². The lowest BCUT2D eigenvalue weighted by atomic mass is 10.1. The van der Waals surface area contributed by atoms with E-state index in [9.17, 15) is 8.78 Å². The van der Waals surface area contributed by atoms with Gasteiger partial charge in [0.1, 0.15) is 11.6 Å². The van der Waals surface area contributed by atoms with Crippen molar-refractivity contribution < 1.29 is 8.78 Å². The molecule has 0 radical (unpaired) electrons. The van der Waals surface area contributed by atoms with Crippen molar-refractivity contribution in [1.29, 1.82) is 0 Å². The van der Waals surface area contributed by atoms with Gasteiger partial charge in [0.25, 0.3) is 0 Å². The van der Waals surface area contributed by atoms with Crippen LogP contribution >= 0.6 is 0 Å². The van der Waals surface area contributed by atoms with Crippen molar-refractivity contribution >= 4 is 0 Å². The van der Waals surface area contributed by atoms with Crippen molar-refractivity contribution in [2.24, 2.45) is 0 Å². The van der Waals surface area contributed by atoms with Gasteiger partial charge in [0, 0.05) is 6.07 Å². The number of aryl methyl sites for hydroxylation is 1. The van der Waals surface area contributed by atoms with Gasteiger partial charge < -0.3 is 0 Å². The monoisotopic (exact) mass is 212 g/mol. The molecule has 1 rings (SSSR count). The van der Waals surface area contributed by atoms with Crippen molar-refractivity contribution in [2.45, 2.75) is 45.4 Å². The molecule has 0 N–H and O–H groups in total. The highest BCUT2D eigenvalue weighted by atomic mass is 19.1. The molecular weight excluding hydrogens is 194 g/mol. The summed E-state index contributed by atoms with van der Waals surface area (Å²) in [5.74, 6) is -0.947. The number of unbranched alkanes of at least 4 members (excludes halogenated alkanes) is 4. The second-order valence-electron chi connectivity index (χ2n) is 3.94. The highest BCUT2D eigenvalue weighted by Gasteiger charge is 2.00. The van der Waals surface area contributed by atoms with Crippen molar-refractivity contribution in [2.75, 3.05) is 0 Å². The molecule has 0 aliphatic carbocycles. The van der Waals surface area contributed by atoms with Gasteiger partial charge in [0.15, 0.2) is 0 Å². The van der Waals surface area contributed by atoms with Crippen LogP contribution in [0.3, 0.4) is 0 Å². The maximum Gasteiger partial charge on any atom is 0.126 e. The van der Waals surface area contributed by atoms with Gasteiger partial charge in [-0.25, -0.2) is 8.78 Å². The maximum absolute atomic E-state index is 12.8. The largest absolute Gasteiger partial charge is 0.207 e. The Morgan fingerprint density at radius 2 is 1.47 bits per heavy atom. The zero-order chi connectivity index (χ0) is 11.1. The normalized spacial score (nSPS) is 10.6. The summed E-state index contributed by atoms with van der Waals surface area (Å²) < 4.78 is 25.6. The van der Waals surface area contributed by atoms with Crippen LogP contribution in [0.4, 0.5) is 8.78 Å². The molecule has 1 aromatic carbocycles. The van der Waals surface area contributed by atoms with Crippen LogP contribution in [0.1, 0.15) is 44.6 Å². The van der Waals surface area contributed by atoms with E-state index in [2.05, 4.69) is 6.92 Å². The molecule has 0 aromatic heterocycles. The Balaban J connectivity index is 2.31. The summed E-state index contributed by atoms with van der Waals surface area (Å²) in [5, 5.41) is 0. The quantitative estimate of drug-likeness (QED) is 0.610. The molecule has 0 aliphatic heterocycles. The Hall–Kier alpha value is -0.920. The second kappa shape index (κ2) is 6.54. The third kappa shape index (κ3) is 4.91. The SMILES string of the molecule is CCCCCCCc1cc(F)cc(F)c1. The standard InChI is InChI=1S/C13H18F2/c1-2-3-4-5-6-7-11-8-12(14)10-13(15)9-11/h8-10H,2-7H2,1H3. The van der Waals surface area contributed by atoms with E-state index in [-0.39, 0.29) is 0 Å². The van der Waals surface area contributed by atoms with Crippen LogP contribution in [0.25, 0.3) is 0 Å². The van der Waals surface area contributed by atoms with Gasteiger partial charge in [-0.05, 0) is 30.5 Å². The van der Waals surface area contributed by atoms with Crippen LogP contribution in [-0.2, 0) is 6.42 Å². The van der Waals surface area contributed by atoms with Gasteiger partial charge in [-0.3, -0.25) is 0 Å². The van der Waals surface area contributed by atoms with Crippen LogP contribution in [0.2, 0.25) is 0 Å². The van der Waals surface area contributed by atoms with Crippen LogP contribution in [-0.4, -0.2) is 0 Å². The maximum atomic E-state index is 12.8. The van der Waals surface area contributed by atoms with Crippen molar-refractivity contribution in [3.05, 3.63) is 35.4 Å². The van der Waals surface area contributed by atoms with Gasteiger partial charge in [-0.15, -0.1) is 0 Å². The zero-order valence-electron chi connectivity index (χ0n) is 9.23. The van der Waals surface area contributed by atoms with Crippen LogP contribution < -0.4 is 0 Å². The molecule has 0 fully saturated rings. The Morgan fingerprint density at radius 3 is 2.07 bits per heavy atom. The average Bonchev–Trinajstić information content (AvgIpc) is 2.16. The van der Waals surface area contributed by atoms with E-state index in [0.29, 0.717) is 0 Å². The topological polar surface area (TPSA) is 0 Å². The van der Waals surface area contributed by atoms with Crippen LogP contribution in [0.15, 0.2) is 18.2 Å². The van der Waals surface area contributed by atoms with Crippen molar-refractivity contribution in [3.63, 3.8) is 0 Å². The fraction of sp³-hybridized carbons (Fsp3) is 0.538. The first-order valence-electron chi connectivity index (χ1n) is 5.67. The summed E-state index contributed by atoms with van der Waals surface area (Å²) >= 11 is 0. The Bertz CT molecular complexity index is 274. The van der Waals surface area contributed by atoms with Crippen molar-refractivity contribution in [3.8, 4) is 0 Å². The van der Waals surface area contributed by atoms with Gasteiger partial charge in [0.05, 0.1) is 0 Å². The fourth-order valence-corrected chi connectivity index (χ4v) is 1.69.